The molecule has 6 nitrogen and oxygen atoms in total. The molecule has 14 rings (SSSR count). The van der Waals surface area contributed by atoms with Crippen molar-refractivity contribution in [3.63, 3.8) is 0 Å². The van der Waals surface area contributed by atoms with Gasteiger partial charge < -0.3 is 9.13 Å². The van der Waals surface area contributed by atoms with Crippen molar-refractivity contribution in [3.8, 4) is 33.9 Å². The Balaban J connectivity index is 1.06. The second-order valence-electron chi connectivity index (χ2n) is 16.5. The van der Waals surface area contributed by atoms with E-state index in [0.29, 0.717) is 0 Å². The minimum atomic E-state index is 0.870. The number of aromatic nitrogens is 6. The van der Waals surface area contributed by atoms with E-state index >= 15 is 0 Å². The van der Waals surface area contributed by atoms with E-state index < -0.39 is 0 Å². The van der Waals surface area contributed by atoms with Gasteiger partial charge in [-0.2, -0.15) is 4.98 Å². The summed E-state index contributed by atoms with van der Waals surface area (Å²) in [6.45, 7) is 0. The average molecular weight is 805 g/mol. The lowest BCUT2D eigenvalue weighted by atomic mass is 10.0. The van der Waals surface area contributed by atoms with Crippen LogP contribution in [0, 0.1) is 0 Å². The largest absolute Gasteiger partial charge is 0.309 e. The molecule has 5 heterocycles. The van der Waals surface area contributed by atoms with Crippen LogP contribution >= 0.6 is 0 Å². The molecule has 0 fully saturated rings. The molecule has 9 aromatic carbocycles. The maximum absolute atomic E-state index is 5.63. The van der Waals surface area contributed by atoms with Crippen LogP contribution in [0.2, 0.25) is 0 Å². The summed E-state index contributed by atoms with van der Waals surface area (Å²) < 4.78 is 11.8. The molecule has 0 radical (unpaired) electrons. The minimum absolute atomic E-state index is 0.870. The third kappa shape index (κ3) is 4.80. The van der Waals surface area contributed by atoms with E-state index in [-0.39, 0.29) is 0 Å². The zero-order chi connectivity index (χ0) is 41.2. The van der Waals surface area contributed by atoms with Crippen molar-refractivity contribution in [2.45, 2.75) is 0 Å². The van der Waals surface area contributed by atoms with Gasteiger partial charge in [0.05, 0.1) is 38.6 Å². The van der Waals surface area contributed by atoms with Crippen LogP contribution < -0.4 is 0 Å². The highest BCUT2D eigenvalue weighted by Crippen LogP contribution is 2.41. The molecule has 0 saturated heterocycles. The summed E-state index contributed by atoms with van der Waals surface area (Å²) in [6, 6.07) is 78.8. The van der Waals surface area contributed by atoms with E-state index in [1.807, 2.05) is 0 Å². The fourth-order valence-electron chi connectivity index (χ4n) is 10.4. The van der Waals surface area contributed by atoms with Crippen LogP contribution in [-0.4, -0.2) is 27.7 Å². The van der Waals surface area contributed by atoms with Crippen molar-refractivity contribution in [3.05, 3.63) is 218 Å². The molecule has 0 spiro atoms. The van der Waals surface area contributed by atoms with Gasteiger partial charge in [0.25, 0.3) is 0 Å². The fourth-order valence-corrected chi connectivity index (χ4v) is 10.4. The van der Waals surface area contributed by atoms with E-state index in [4.69, 9.17) is 4.98 Å². The number of hydrogen-bond acceptors (Lipinski definition) is 1. The number of para-hydroxylation sites is 6. The topological polar surface area (TPSA) is 37.0 Å². The Hall–Kier alpha value is -8.61. The summed E-state index contributed by atoms with van der Waals surface area (Å²) in [5.74, 6) is 0.870. The number of hydrogen-bond donors (Lipinski definition) is 0. The summed E-state index contributed by atoms with van der Waals surface area (Å²) in [6.07, 6.45) is 0. The van der Waals surface area contributed by atoms with Crippen LogP contribution in [-0.2, 0) is 0 Å². The first-order valence-electron chi connectivity index (χ1n) is 21.5. The third-order valence-electron chi connectivity index (χ3n) is 13.1. The molecule has 0 saturated carbocycles. The number of rotatable bonds is 5. The van der Waals surface area contributed by atoms with Gasteiger partial charge in [-0.3, -0.25) is 13.5 Å². The number of fused-ring (bicyclic) bond motifs is 13. The smallest absolute Gasteiger partial charge is 0.222 e. The van der Waals surface area contributed by atoms with Crippen LogP contribution in [0.5, 0.6) is 0 Å². The molecule has 0 aliphatic heterocycles. The molecule has 0 aliphatic rings. The quantitative estimate of drug-likeness (QED) is 0.171. The number of imidazole rings is 2. The van der Waals surface area contributed by atoms with Gasteiger partial charge in [-0.1, -0.05) is 121 Å². The maximum atomic E-state index is 5.63. The summed E-state index contributed by atoms with van der Waals surface area (Å²) in [7, 11) is 0. The van der Waals surface area contributed by atoms with Gasteiger partial charge in [0.15, 0.2) is 5.65 Å². The van der Waals surface area contributed by atoms with Gasteiger partial charge in [0, 0.05) is 49.7 Å². The zero-order valence-electron chi connectivity index (χ0n) is 34.0. The van der Waals surface area contributed by atoms with Crippen LogP contribution in [0.15, 0.2) is 218 Å². The molecule has 5 aromatic heterocycles. The maximum Gasteiger partial charge on any atom is 0.222 e. The number of nitrogens with zero attached hydrogens (tertiary/aromatic N) is 6. The van der Waals surface area contributed by atoms with Crippen molar-refractivity contribution in [2.75, 3.05) is 0 Å². The summed E-state index contributed by atoms with van der Waals surface area (Å²) in [5, 5.41) is 6.04. The Morgan fingerprint density at radius 2 is 0.714 bits per heavy atom. The minimum Gasteiger partial charge on any atom is -0.309 e. The Morgan fingerprint density at radius 1 is 0.270 bits per heavy atom. The molecule has 0 aliphatic carbocycles. The molecule has 0 N–H and O–H groups in total. The Morgan fingerprint density at radius 3 is 1.32 bits per heavy atom. The van der Waals surface area contributed by atoms with E-state index in [2.05, 4.69) is 241 Å². The Bertz CT molecular complexity index is 4120. The molecule has 14 aromatic rings. The predicted molar refractivity (Wildman–Crippen MR) is 260 cm³/mol. The first-order chi connectivity index (χ1) is 31.3. The van der Waals surface area contributed by atoms with Gasteiger partial charge in [-0.05, 0) is 108 Å². The van der Waals surface area contributed by atoms with Crippen molar-refractivity contribution in [1.82, 2.24) is 27.7 Å². The molecule has 0 atom stereocenters. The van der Waals surface area contributed by atoms with Crippen LogP contribution in [0.1, 0.15) is 0 Å². The lowest BCUT2D eigenvalue weighted by Crippen LogP contribution is -1.98. The summed E-state index contributed by atoms with van der Waals surface area (Å²) >= 11 is 0. The van der Waals surface area contributed by atoms with Gasteiger partial charge in [-0.15, -0.1) is 0 Å². The second kappa shape index (κ2) is 12.9. The normalized spacial score (nSPS) is 12.1. The lowest BCUT2D eigenvalue weighted by molar-refractivity contribution is 1.09. The van der Waals surface area contributed by atoms with Gasteiger partial charge >= 0.3 is 0 Å². The Kier molecular flexibility index (Phi) is 7.02. The van der Waals surface area contributed by atoms with E-state index in [1.54, 1.807) is 0 Å². The fraction of sp³-hybridized carbons (Fsp3) is 0. The monoisotopic (exact) mass is 804 g/mol. The van der Waals surface area contributed by atoms with Crippen molar-refractivity contribution >= 4 is 82.5 Å². The number of benzene rings is 9. The molecule has 0 bridgehead atoms. The van der Waals surface area contributed by atoms with E-state index in [9.17, 15) is 0 Å². The van der Waals surface area contributed by atoms with Crippen LogP contribution in [0.25, 0.3) is 116 Å². The highest BCUT2D eigenvalue weighted by Gasteiger charge is 2.25. The molecule has 63 heavy (non-hydrogen) atoms. The van der Waals surface area contributed by atoms with E-state index in [0.717, 1.165) is 67.2 Å². The second-order valence-corrected chi connectivity index (χ2v) is 16.5. The lowest BCUT2D eigenvalue weighted by Gasteiger charge is -2.10. The summed E-state index contributed by atoms with van der Waals surface area (Å²) in [5.41, 5.74) is 16.8. The first kappa shape index (κ1) is 34.1. The van der Waals surface area contributed by atoms with Gasteiger partial charge in [0.2, 0.25) is 5.78 Å². The molecular formula is C57H36N6. The third-order valence-corrected chi connectivity index (χ3v) is 13.1. The highest BCUT2D eigenvalue weighted by atomic mass is 15.2. The van der Waals surface area contributed by atoms with Crippen molar-refractivity contribution in [1.29, 1.82) is 0 Å². The van der Waals surface area contributed by atoms with Gasteiger partial charge in [-0.25, -0.2) is 0 Å². The average Bonchev–Trinajstić information content (AvgIpc) is 4.13. The van der Waals surface area contributed by atoms with Crippen molar-refractivity contribution < 1.29 is 0 Å². The standard InChI is InChI=1S/C57H36N6/c1-4-16-39(17-5-1)59-48-25-13-10-22-43(48)46-34-37(28-31-51(46)59)38-29-32-53-54(35-38)63-55-45-24-12-15-27-50(45)61(41-20-8-3-9-21-41)56(55)58-57(63)62(53)42-30-33-52-47(36-42)44-23-11-14-26-49(44)60(52)40-18-6-2-7-19-40/h1-36H. The van der Waals surface area contributed by atoms with Crippen molar-refractivity contribution in [2.24, 2.45) is 0 Å². The molecule has 0 amide bonds. The zero-order valence-corrected chi connectivity index (χ0v) is 34.0. The predicted octanol–water partition coefficient (Wildman–Crippen LogP) is 14.2. The summed E-state index contributed by atoms with van der Waals surface area (Å²) in [4.78, 5) is 5.63. The molecule has 0 unspecified atom stereocenters. The highest BCUT2D eigenvalue weighted by molar-refractivity contribution is 6.13. The van der Waals surface area contributed by atoms with E-state index in [1.165, 1.54) is 49.2 Å². The first-order valence-corrected chi connectivity index (χ1v) is 21.5. The molecule has 294 valence electrons. The van der Waals surface area contributed by atoms with Gasteiger partial charge in [0.1, 0.15) is 5.52 Å². The van der Waals surface area contributed by atoms with Crippen LogP contribution in [0.4, 0.5) is 0 Å². The SMILES string of the molecule is c1ccc(-n2c3ccccc3c3cc(-c4ccc5c(c4)n4c6c7ccccc7n(-c7ccccc7)c6nc4n5-c4ccc5c(c4)c4ccccc4n5-c4ccccc4)ccc32)cc1. The Labute approximate surface area is 361 Å². The molecular weight excluding hydrogens is 769 g/mol. The van der Waals surface area contributed by atoms with Crippen LogP contribution in [0.3, 0.4) is 0 Å². The molecule has 6 heteroatoms.